The van der Waals surface area contributed by atoms with E-state index in [9.17, 15) is 14.4 Å². The standard InChI is InChI=1S/C9H8O4.C4H6O3/c1-6(10)13-8-5-3-2-4-7(8)9(11)12;1-3(2)4(5)7-6/h2-5H,1H3,(H,11,12);6H,1H2,2H3. The number of benzene rings is 1. The van der Waals surface area contributed by atoms with Crippen LogP contribution >= 0.6 is 0 Å². The SMILES string of the molecule is C=C(C)C(=O)OO.CC(=O)Oc1ccccc1C(=O)O. The lowest BCUT2D eigenvalue weighted by molar-refractivity contribution is -0.229. The fourth-order valence-electron chi connectivity index (χ4n) is 0.965. The van der Waals surface area contributed by atoms with Gasteiger partial charge in [-0.3, -0.25) is 9.68 Å². The van der Waals surface area contributed by atoms with Crippen LogP contribution in [0, 0.1) is 0 Å². The van der Waals surface area contributed by atoms with Crippen LogP contribution in [0.1, 0.15) is 24.2 Å². The molecule has 0 saturated carbocycles. The normalized spacial score (nSPS) is 8.75. The molecule has 0 atom stereocenters. The van der Waals surface area contributed by atoms with Crippen molar-refractivity contribution < 1.29 is 34.4 Å². The van der Waals surface area contributed by atoms with Gasteiger partial charge in [0.05, 0.1) is 0 Å². The molecule has 0 aliphatic rings. The lowest BCUT2D eigenvalue weighted by Gasteiger charge is -2.03. The number of carboxylic acids is 1. The molecule has 7 heteroatoms. The van der Waals surface area contributed by atoms with Crippen molar-refractivity contribution in [2.24, 2.45) is 0 Å². The molecule has 20 heavy (non-hydrogen) atoms. The molecule has 108 valence electrons. The second-order valence-electron chi connectivity index (χ2n) is 3.55. The van der Waals surface area contributed by atoms with Gasteiger partial charge in [-0.05, 0) is 19.1 Å². The van der Waals surface area contributed by atoms with Crippen LogP contribution in [0.25, 0.3) is 0 Å². The zero-order valence-electron chi connectivity index (χ0n) is 11.0. The zero-order valence-corrected chi connectivity index (χ0v) is 11.0. The van der Waals surface area contributed by atoms with E-state index in [2.05, 4.69) is 16.2 Å². The highest BCUT2D eigenvalue weighted by atomic mass is 17.1. The molecule has 1 aromatic rings. The minimum absolute atomic E-state index is 0.0160. The number of hydrogen-bond acceptors (Lipinski definition) is 6. The topological polar surface area (TPSA) is 110 Å². The van der Waals surface area contributed by atoms with Gasteiger partial charge in [-0.2, -0.15) is 5.26 Å². The number of rotatable bonds is 3. The predicted molar refractivity (Wildman–Crippen MR) is 68.2 cm³/mol. The number of hydrogen-bond donors (Lipinski definition) is 2. The maximum atomic E-state index is 10.6. The third-order valence-electron chi connectivity index (χ3n) is 1.80. The molecule has 0 bridgehead atoms. The fourth-order valence-corrected chi connectivity index (χ4v) is 0.965. The van der Waals surface area contributed by atoms with Gasteiger partial charge < -0.3 is 9.84 Å². The van der Waals surface area contributed by atoms with E-state index in [1.165, 1.54) is 26.0 Å². The van der Waals surface area contributed by atoms with Gasteiger partial charge in [-0.25, -0.2) is 9.59 Å². The van der Waals surface area contributed by atoms with Gasteiger partial charge in [0.2, 0.25) is 0 Å². The molecule has 7 nitrogen and oxygen atoms in total. The van der Waals surface area contributed by atoms with Crippen molar-refractivity contribution in [3.63, 3.8) is 0 Å². The van der Waals surface area contributed by atoms with Crippen LogP contribution in [0.4, 0.5) is 0 Å². The van der Waals surface area contributed by atoms with Crippen LogP contribution in [0.15, 0.2) is 36.4 Å². The molecule has 0 spiro atoms. The summed E-state index contributed by atoms with van der Waals surface area (Å²) in [6, 6.07) is 5.98. The predicted octanol–water partition coefficient (Wildman–Crippen LogP) is 1.89. The first-order chi connectivity index (χ1) is 9.29. The van der Waals surface area contributed by atoms with Crippen molar-refractivity contribution in [1.29, 1.82) is 0 Å². The Kier molecular flexibility index (Phi) is 7.31. The Morgan fingerprint density at radius 3 is 2.05 bits per heavy atom. The van der Waals surface area contributed by atoms with E-state index in [0.29, 0.717) is 0 Å². The van der Waals surface area contributed by atoms with Gasteiger partial charge in [0.1, 0.15) is 11.3 Å². The van der Waals surface area contributed by atoms with Crippen molar-refractivity contribution in [3.05, 3.63) is 42.0 Å². The second-order valence-corrected chi connectivity index (χ2v) is 3.55. The molecule has 1 aromatic carbocycles. The largest absolute Gasteiger partial charge is 0.478 e. The van der Waals surface area contributed by atoms with Gasteiger partial charge in [0, 0.05) is 12.5 Å². The Labute approximate surface area is 115 Å². The van der Waals surface area contributed by atoms with E-state index in [1.807, 2.05) is 0 Å². The number of esters is 1. The first-order valence-electron chi connectivity index (χ1n) is 5.31. The van der Waals surface area contributed by atoms with E-state index in [1.54, 1.807) is 12.1 Å². The molecule has 2 N–H and O–H groups in total. The summed E-state index contributed by atoms with van der Waals surface area (Å²) in [5.41, 5.74) is 0.167. The Morgan fingerprint density at radius 1 is 1.15 bits per heavy atom. The first-order valence-corrected chi connectivity index (χ1v) is 5.31. The molecule has 0 aromatic heterocycles. The van der Waals surface area contributed by atoms with Crippen LogP contribution in [-0.2, 0) is 14.5 Å². The Bertz CT molecular complexity index is 519. The molecular formula is C13H14O7. The highest BCUT2D eigenvalue weighted by Crippen LogP contribution is 2.17. The van der Waals surface area contributed by atoms with E-state index in [-0.39, 0.29) is 16.9 Å². The lowest BCUT2D eigenvalue weighted by Crippen LogP contribution is -2.06. The number of aromatic carboxylic acids is 1. The minimum atomic E-state index is -1.11. The zero-order chi connectivity index (χ0) is 15.7. The summed E-state index contributed by atoms with van der Waals surface area (Å²) in [6.45, 7) is 5.86. The van der Waals surface area contributed by atoms with Crippen LogP contribution in [0.2, 0.25) is 0 Å². The van der Waals surface area contributed by atoms with Gasteiger partial charge in [-0.15, -0.1) is 0 Å². The average Bonchev–Trinajstić information content (AvgIpc) is 2.38. The quantitative estimate of drug-likeness (QED) is 0.286. The molecule has 0 aliphatic heterocycles. The summed E-state index contributed by atoms with van der Waals surface area (Å²) in [7, 11) is 0. The van der Waals surface area contributed by atoms with Crippen molar-refractivity contribution in [3.8, 4) is 5.75 Å². The Hall–Kier alpha value is -2.67. The van der Waals surface area contributed by atoms with Crippen molar-refractivity contribution >= 4 is 17.9 Å². The minimum Gasteiger partial charge on any atom is -0.478 e. The van der Waals surface area contributed by atoms with E-state index in [4.69, 9.17) is 10.4 Å². The van der Waals surface area contributed by atoms with Crippen molar-refractivity contribution in [2.45, 2.75) is 13.8 Å². The van der Waals surface area contributed by atoms with Crippen LogP contribution < -0.4 is 4.74 Å². The van der Waals surface area contributed by atoms with Crippen LogP contribution in [-0.4, -0.2) is 28.3 Å². The fraction of sp³-hybridized carbons (Fsp3) is 0.154. The number of ether oxygens (including phenoxy) is 1. The average molecular weight is 282 g/mol. The maximum Gasteiger partial charge on any atom is 0.367 e. The van der Waals surface area contributed by atoms with Crippen LogP contribution in [0.5, 0.6) is 5.75 Å². The summed E-state index contributed by atoms with van der Waals surface area (Å²) < 4.78 is 4.69. The van der Waals surface area contributed by atoms with E-state index >= 15 is 0 Å². The Balaban J connectivity index is 0.000000441. The smallest absolute Gasteiger partial charge is 0.367 e. The van der Waals surface area contributed by atoms with Gasteiger partial charge in [0.15, 0.2) is 0 Å². The molecule has 0 unspecified atom stereocenters. The summed E-state index contributed by atoms with van der Waals surface area (Å²) in [4.78, 5) is 34.4. The van der Waals surface area contributed by atoms with Gasteiger partial charge in [0.25, 0.3) is 0 Å². The van der Waals surface area contributed by atoms with E-state index < -0.39 is 17.9 Å². The highest BCUT2D eigenvalue weighted by Gasteiger charge is 2.10. The summed E-state index contributed by atoms with van der Waals surface area (Å²) in [5.74, 6) is -2.37. The second kappa shape index (κ2) is 8.44. The molecule has 0 aliphatic carbocycles. The lowest BCUT2D eigenvalue weighted by atomic mass is 10.2. The molecule has 0 saturated heterocycles. The molecule has 0 amide bonds. The molecule has 0 radical (unpaired) electrons. The maximum absolute atomic E-state index is 10.6. The Morgan fingerprint density at radius 2 is 1.70 bits per heavy atom. The third-order valence-corrected chi connectivity index (χ3v) is 1.80. The molecular weight excluding hydrogens is 268 g/mol. The number of carbonyl (C=O) groups excluding carboxylic acids is 2. The van der Waals surface area contributed by atoms with Crippen LogP contribution in [0.3, 0.4) is 0 Å². The molecule has 1 rings (SSSR count). The van der Waals surface area contributed by atoms with Crippen molar-refractivity contribution in [2.75, 3.05) is 0 Å². The number of carbonyl (C=O) groups is 3. The van der Waals surface area contributed by atoms with Crippen molar-refractivity contribution in [1.82, 2.24) is 0 Å². The summed E-state index contributed by atoms with van der Waals surface area (Å²) in [6.07, 6.45) is 0. The summed E-state index contributed by atoms with van der Waals surface area (Å²) >= 11 is 0. The van der Waals surface area contributed by atoms with E-state index in [0.717, 1.165) is 0 Å². The molecule has 0 heterocycles. The third kappa shape index (κ3) is 6.31. The number of carboxylic acid groups (broad SMARTS) is 1. The monoisotopic (exact) mass is 282 g/mol. The van der Waals surface area contributed by atoms with Gasteiger partial charge >= 0.3 is 17.9 Å². The van der Waals surface area contributed by atoms with Gasteiger partial charge in [-0.1, -0.05) is 18.7 Å². The highest BCUT2D eigenvalue weighted by molar-refractivity contribution is 5.91. The number of para-hydroxylation sites is 1. The summed E-state index contributed by atoms with van der Waals surface area (Å²) in [5, 5.41) is 16.3. The first kappa shape index (κ1) is 17.3. The molecule has 0 fully saturated rings.